The zero-order chi connectivity index (χ0) is 18.0. The zero-order valence-corrected chi connectivity index (χ0v) is 14.4. The number of nitrogens with zero attached hydrogens (tertiary/aromatic N) is 3. The third-order valence-corrected chi connectivity index (χ3v) is 5.19. The summed E-state index contributed by atoms with van der Waals surface area (Å²) in [7, 11) is 0. The van der Waals surface area contributed by atoms with Gasteiger partial charge in [0.1, 0.15) is 5.76 Å². The molecule has 0 bridgehead atoms. The van der Waals surface area contributed by atoms with Crippen LogP contribution in [0.3, 0.4) is 0 Å². The van der Waals surface area contributed by atoms with Crippen molar-refractivity contribution in [3.05, 3.63) is 66.7 Å². The molecule has 0 aliphatic carbocycles. The van der Waals surface area contributed by atoms with E-state index in [1.807, 2.05) is 12.1 Å². The molecule has 6 heteroatoms. The molecule has 1 aliphatic rings. The number of carboxylic acid groups (broad SMARTS) is 1. The lowest BCUT2D eigenvalue weighted by atomic mass is 9.87. The molecule has 1 aromatic carbocycles. The van der Waals surface area contributed by atoms with Gasteiger partial charge in [0.2, 0.25) is 0 Å². The van der Waals surface area contributed by atoms with Crippen molar-refractivity contribution in [2.24, 2.45) is 0 Å². The second kappa shape index (κ2) is 6.80. The van der Waals surface area contributed by atoms with Gasteiger partial charge in [-0.05, 0) is 36.6 Å². The number of benzene rings is 1. The van der Waals surface area contributed by atoms with Crippen LogP contribution in [0.5, 0.6) is 0 Å². The Hall–Kier alpha value is -2.86. The van der Waals surface area contributed by atoms with Crippen molar-refractivity contribution in [3.63, 3.8) is 0 Å². The van der Waals surface area contributed by atoms with Crippen molar-refractivity contribution < 1.29 is 14.3 Å². The fraction of sp³-hybridized carbons (Fsp3) is 0.300. The molecule has 26 heavy (non-hydrogen) atoms. The van der Waals surface area contributed by atoms with Crippen LogP contribution in [0.15, 0.2) is 65.5 Å². The van der Waals surface area contributed by atoms with Crippen LogP contribution in [0.1, 0.15) is 18.4 Å². The van der Waals surface area contributed by atoms with Crippen LogP contribution in [-0.2, 0) is 16.9 Å². The highest BCUT2D eigenvalue weighted by Crippen LogP contribution is 2.31. The number of piperidine rings is 1. The molecule has 4 rings (SSSR count). The van der Waals surface area contributed by atoms with Gasteiger partial charge >= 0.3 is 5.97 Å². The molecule has 0 atom stereocenters. The number of carbonyl (C=O) groups is 1. The monoisotopic (exact) mass is 351 g/mol. The lowest BCUT2D eigenvalue weighted by Crippen LogP contribution is -2.51. The molecule has 1 N–H and O–H groups in total. The second-order valence-electron chi connectivity index (χ2n) is 6.74. The number of carboxylic acids is 1. The van der Waals surface area contributed by atoms with Gasteiger partial charge in [-0.1, -0.05) is 24.3 Å². The van der Waals surface area contributed by atoms with Gasteiger partial charge in [-0.15, -0.1) is 0 Å². The molecule has 0 unspecified atom stereocenters. The number of rotatable bonds is 5. The second-order valence-corrected chi connectivity index (χ2v) is 6.74. The molecule has 1 saturated heterocycles. The summed E-state index contributed by atoms with van der Waals surface area (Å²) in [5, 5.41) is 14.0. The number of aliphatic carboxylic acids is 1. The van der Waals surface area contributed by atoms with Crippen molar-refractivity contribution in [3.8, 4) is 11.3 Å². The Bertz CT molecular complexity index is 846. The van der Waals surface area contributed by atoms with E-state index in [2.05, 4.69) is 34.3 Å². The summed E-state index contributed by atoms with van der Waals surface area (Å²) in [6, 6.07) is 13.9. The van der Waals surface area contributed by atoms with Gasteiger partial charge in [0, 0.05) is 37.6 Å². The fourth-order valence-electron chi connectivity index (χ4n) is 3.62. The predicted octanol–water partition coefficient (Wildman–Crippen LogP) is 3.22. The molecule has 0 saturated carbocycles. The van der Waals surface area contributed by atoms with E-state index in [1.54, 1.807) is 29.4 Å². The largest absolute Gasteiger partial charge is 0.479 e. The smallest absolute Gasteiger partial charge is 0.331 e. The quantitative estimate of drug-likeness (QED) is 0.764. The van der Waals surface area contributed by atoms with Crippen LogP contribution in [0.25, 0.3) is 11.3 Å². The molecular weight excluding hydrogens is 330 g/mol. The van der Waals surface area contributed by atoms with Crippen LogP contribution in [0, 0.1) is 0 Å². The third-order valence-electron chi connectivity index (χ3n) is 5.19. The van der Waals surface area contributed by atoms with Crippen molar-refractivity contribution in [1.82, 2.24) is 14.7 Å². The van der Waals surface area contributed by atoms with E-state index in [0.29, 0.717) is 12.8 Å². The lowest BCUT2D eigenvalue weighted by molar-refractivity contribution is -0.151. The summed E-state index contributed by atoms with van der Waals surface area (Å²) < 4.78 is 7.02. The highest BCUT2D eigenvalue weighted by Gasteiger charge is 2.43. The molecule has 1 aliphatic heterocycles. The first-order valence-electron chi connectivity index (χ1n) is 8.76. The molecule has 3 heterocycles. The highest BCUT2D eigenvalue weighted by molar-refractivity contribution is 5.76. The van der Waals surface area contributed by atoms with E-state index in [4.69, 9.17) is 4.42 Å². The Morgan fingerprint density at radius 1 is 1.15 bits per heavy atom. The van der Waals surface area contributed by atoms with Crippen molar-refractivity contribution in [2.75, 3.05) is 13.1 Å². The highest BCUT2D eigenvalue weighted by atomic mass is 16.4. The van der Waals surface area contributed by atoms with E-state index in [1.165, 1.54) is 5.56 Å². The van der Waals surface area contributed by atoms with Crippen LogP contribution in [0.4, 0.5) is 0 Å². The predicted molar refractivity (Wildman–Crippen MR) is 96.5 cm³/mol. The summed E-state index contributed by atoms with van der Waals surface area (Å²) in [5.41, 5.74) is 1.34. The summed E-state index contributed by atoms with van der Waals surface area (Å²) in [6.07, 6.45) is 6.16. The van der Waals surface area contributed by atoms with Gasteiger partial charge in [-0.25, -0.2) is 4.79 Å². The molecule has 3 aromatic rings. The summed E-state index contributed by atoms with van der Waals surface area (Å²) in [4.78, 5) is 14.2. The topological polar surface area (TPSA) is 71.5 Å². The Morgan fingerprint density at radius 3 is 2.50 bits per heavy atom. The summed E-state index contributed by atoms with van der Waals surface area (Å²) >= 11 is 0. The molecule has 2 aromatic heterocycles. The Kier molecular flexibility index (Phi) is 4.34. The SMILES string of the molecule is O=C(O)C1(n2cccn2)CCN(Cc2ccc(-c3ccco3)cc2)CC1. The van der Waals surface area contributed by atoms with Gasteiger partial charge in [0.15, 0.2) is 5.54 Å². The molecule has 6 nitrogen and oxygen atoms in total. The number of hydrogen-bond donors (Lipinski definition) is 1. The van der Waals surface area contributed by atoms with Gasteiger partial charge in [-0.3, -0.25) is 9.58 Å². The number of furan rings is 1. The van der Waals surface area contributed by atoms with Crippen LogP contribution in [-0.4, -0.2) is 38.8 Å². The molecule has 0 spiro atoms. The molecular formula is C20H21N3O3. The average molecular weight is 351 g/mol. The Labute approximate surface area is 151 Å². The maximum absolute atomic E-state index is 11.9. The van der Waals surface area contributed by atoms with E-state index < -0.39 is 11.5 Å². The molecule has 1 fully saturated rings. The summed E-state index contributed by atoms with van der Waals surface area (Å²) in [6.45, 7) is 2.27. The minimum Gasteiger partial charge on any atom is -0.479 e. The summed E-state index contributed by atoms with van der Waals surface area (Å²) in [5.74, 6) is 0.0589. The first kappa shape index (κ1) is 16.6. The van der Waals surface area contributed by atoms with Crippen LogP contribution in [0.2, 0.25) is 0 Å². The van der Waals surface area contributed by atoms with Crippen molar-refractivity contribution in [2.45, 2.75) is 24.9 Å². The molecule has 134 valence electrons. The van der Waals surface area contributed by atoms with E-state index in [0.717, 1.165) is 31.0 Å². The van der Waals surface area contributed by atoms with Crippen molar-refractivity contribution >= 4 is 5.97 Å². The first-order chi connectivity index (χ1) is 12.7. The average Bonchev–Trinajstić information content (AvgIpc) is 3.37. The molecule has 0 amide bonds. The lowest BCUT2D eigenvalue weighted by Gasteiger charge is -2.39. The minimum atomic E-state index is -0.927. The number of likely N-dealkylation sites (tertiary alicyclic amines) is 1. The van der Waals surface area contributed by atoms with Gasteiger partial charge in [0.25, 0.3) is 0 Å². The van der Waals surface area contributed by atoms with E-state index in [-0.39, 0.29) is 0 Å². The van der Waals surface area contributed by atoms with Crippen LogP contribution >= 0.6 is 0 Å². The fourth-order valence-corrected chi connectivity index (χ4v) is 3.62. The van der Waals surface area contributed by atoms with E-state index in [9.17, 15) is 9.90 Å². The van der Waals surface area contributed by atoms with E-state index >= 15 is 0 Å². The number of aromatic nitrogens is 2. The number of hydrogen-bond acceptors (Lipinski definition) is 4. The van der Waals surface area contributed by atoms with Gasteiger partial charge in [-0.2, -0.15) is 5.10 Å². The van der Waals surface area contributed by atoms with Gasteiger partial charge < -0.3 is 9.52 Å². The first-order valence-corrected chi connectivity index (χ1v) is 8.76. The Morgan fingerprint density at radius 2 is 1.92 bits per heavy atom. The van der Waals surface area contributed by atoms with Crippen molar-refractivity contribution in [1.29, 1.82) is 0 Å². The Balaban J connectivity index is 1.41. The van der Waals surface area contributed by atoms with Gasteiger partial charge in [0.05, 0.1) is 6.26 Å². The minimum absolute atomic E-state index is 0.550. The third kappa shape index (κ3) is 3.04. The normalized spacial score (nSPS) is 17.2. The van der Waals surface area contributed by atoms with Crippen LogP contribution < -0.4 is 0 Å². The zero-order valence-electron chi connectivity index (χ0n) is 14.4. The molecule has 0 radical (unpaired) electrons. The standard InChI is InChI=1S/C20H21N3O3/c24-19(25)20(23-11-2-10-21-23)8-12-22(13-9-20)15-16-4-6-17(7-5-16)18-3-1-14-26-18/h1-7,10-11,14H,8-9,12-13,15H2,(H,24,25). The maximum Gasteiger partial charge on any atom is 0.331 e. The maximum atomic E-state index is 11.9.